The van der Waals surface area contributed by atoms with E-state index in [0.717, 1.165) is 12.1 Å². The number of alkyl halides is 2. The second kappa shape index (κ2) is 6.43. The minimum absolute atomic E-state index is 0.0205. The monoisotopic (exact) mass is 333 g/mol. The summed E-state index contributed by atoms with van der Waals surface area (Å²) in [6, 6.07) is 5.25. The van der Waals surface area contributed by atoms with Crippen LogP contribution in [0.1, 0.15) is 25.3 Å². The summed E-state index contributed by atoms with van der Waals surface area (Å²) in [6.45, 7) is 1.89. The van der Waals surface area contributed by atoms with Crippen molar-refractivity contribution in [1.82, 2.24) is 14.8 Å². The van der Waals surface area contributed by atoms with E-state index in [1.165, 1.54) is 23.1 Å². The summed E-state index contributed by atoms with van der Waals surface area (Å²) in [6.07, 6.45) is 0.550. The molecule has 2 aromatic heterocycles. The van der Waals surface area contributed by atoms with Gasteiger partial charge < -0.3 is 0 Å². The number of carbonyl (C=O) groups is 1. The lowest BCUT2D eigenvalue weighted by Crippen LogP contribution is -2.09. The van der Waals surface area contributed by atoms with E-state index in [1.807, 2.05) is 0 Å². The molecule has 0 aliphatic carbocycles. The SMILES string of the molecule is CCC(=O)Cn1ncc2ncc(-c3ccc(F)c(C(F)F)c3)cc21. The van der Waals surface area contributed by atoms with E-state index in [2.05, 4.69) is 10.1 Å². The van der Waals surface area contributed by atoms with E-state index in [-0.39, 0.29) is 12.3 Å². The third-order valence-electron chi connectivity index (χ3n) is 3.78. The average molecular weight is 333 g/mol. The number of ketones is 1. The summed E-state index contributed by atoms with van der Waals surface area (Å²) in [5.41, 5.74) is 1.55. The Kier molecular flexibility index (Phi) is 4.33. The van der Waals surface area contributed by atoms with Crippen LogP contribution < -0.4 is 0 Å². The Bertz CT molecular complexity index is 905. The number of benzene rings is 1. The summed E-state index contributed by atoms with van der Waals surface area (Å²) >= 11 is 0. The van der Waals surface area contributed by atoms with Crippen LogP contribution in [0, 0.1) is 5.82 Å². The van der Waals surface area contributed by atoms with Gasteiger partial charge in [-0.05, 0) is 23.8 Å². The van der Waals surface area contributed by atoms with E-state index < -0.39 is 17.8 Å². The van der Waals surface area contributed by atoms with Gasteiger partial charge in [-0.1, -0.05) is 13.0 Å². The maximum atomic E-state index is 13.4. The molecule has 0 saturated carbocycles. The van der Waals surface area contributed by atoms with Gasteiger partial charge in [0.25, 0.3) is 6.43 Å². The number of halogens is 3. The topological polar surface area (TPSA) is 47.8 Å². The Morgan fingerprint density at radius 1 is 1.21 bits per heavy atom. The summed E-state index contributed by atoms with van der Waals surface area (Å²) in [7, 11) is 0. The van der Waals surface area contributed by atoms with Crippen LogP contribution in [-0.4, -0.2) is 20.5 Å². The zero-order chi connectivity index (χ0) is 17.3. The lowest BCUT2D eigenvalue weighted by atomic mass is 10.0. The van der Waals surface area contributed by atoms with E-state index in [0.29, 0.717) is 28.6 Å². The number of hydrogen-bond acceptors (Lipinski definition) is 3. The Labute approximate surface area is 135 Å². The number of aromatic nitrogens is 3. The maximum Gasteiger partial charge on any atom is 0.266 e. The number of nitrogens with zero attached hydrogens (tertiary/aromatic N) is 3. The van der Waals surface area contributed by atoms with Gasteiger partial charge in [0.05, 0.1) is 17.3 Å². The highest BCUT2D eigenvalue weighted by atomic mass is 19.3. The normalized spacial score (nSPS) is 11.4. The van der Waals surface area contributed by atoms with E-state index in [9.17, 15) is 18.0 Å². The minimum atomic E-state index is -2.89. The third-order valence-corrected chi connectivity index (χ3v) is 3.78. The zero-order valence-electron chi connectivity index (χ0n) is 12.8. The number of fused-ring (bicyclic) bond motifs is 1. The van der Waals surface area contributed by atoms with Gasteiger partial charge in [0.15, 0.2) is 5.78 Å². The lowest BCUT2D eigenvalue weighted by molar-refractivity contribution is -0.119. The number of hydrogen-bond donors (Lipinski definition) is 0. The van der Waals surface area contributed by atoms with Gasteiger partial charge in [-0.15, -0.1) is 0 Å². The first-order valence-corrected chi connectivity index (χ1v) is 7.41. The van der Waals surface area contributed by atoms with Crippen LogP contribution in [0.4, 0.5) is 13.2 Å². The molecule has 1 aromatic carbocycles. The molecule has 0 radical (unpaired) electrons. The van der Waals surface area contributed by atoms with Gasteiger partial charge in [0, 0.05) is 18.2 Å². The Morgan fingerprint density at radius 2 is 2.00 bits per heavy atom. The largest absolute Gasteiger partial charge is 0.298 e. The van der Waals surface area contributed by atoms with Crippen molar-refractivity contribution < 1.29 is 18.0 Å². The lowest BCUT2D eigenvalue weighted by Gasteiger charge is -2.07. The van der Waals surface area contributed by atoms with E-state index in [1.54, 1.807) is 13.0 Å². The molecule has 3 rings (SSSR count). The van der Waals surface area contributed by atoms with Crippen LogP contribution in [0.2, 0.25) is 0 Å². The van der Waals surface area contributed by atoms with Crippen molar-refractivity contribution in [3.63, 3.8) is 0 Å². The Hall–Kier alpha value is -2.70. The Balaban J connectivity index is 2.06. The van der Waals surface area contributed by atoms with E-state index >= 15 is 0 Å². The molecule has 0 saturated heterocycles. The van der Waals surface area contributed by atoms with Crippen molar-refractivity contribution in [1.29, 1.82) is 0 Å². The van der Waals surface area contributed by atoms with Crippen molar-refractivity contribution in [3.05, 3.63) is 48.0 Å². The quantitative estimate of drug-likeness (QED) is 0.704. The number of Topliss-reactive ketones (excluding diaryl/α,β-unsaturated/α-hetero) is 1. The van der Waals surface area contributed by atoms with Gasteiger partial charge >= 0.3 is 0 Å². The molecule has 0 fully saturated rings. The highest BCUT2D eigenvalue weighted by Crippen LogP contribution is 2.29. The first kappa shape index (κ1) is 16.2. The molecule has 0 bridgehead atoms. The van der Waals surface area contributed by atoms with Crippen LogP contribution in [0.15, 0.2) is 36.7 Å². The zero-order valence-corrected chi connectivity index (χ0v) is 12.8. The van der Waals surface area contributed by atoms with Crippen LogP contribution in [0.5, 0.6) is 0 Å². The number of rotatable bonds is 5. The molecule has 0 spiro atoms. The first-order chi connectivity index (χ1) is 11.5. The maximum absolute atomic E-state index is 13.4. The van der Waals surface area contributed by atoms with Crippen LogP contribution >= 0.6 is 0 Å². The van der Waals surface area contributed by atoms with Crippen LogP contribution in [0.3, 0.4) is 0 Å². The first-order valence-electron chi connectivity index (χ1n) is 7.41. The molecule has 7 heteroatoms. The Morgan fingerprint density at radius 3 is 2.71 bits per heavy atom. The van der Waals surface area contributed by atoms with Crippen LogP contribution in [-0.2, 0) is 11.3 Å². The van der Waals surface area contributed by atoms with Crippen molar-refractivity contribution in [2.24, 2.45) is 0 Å². The fourth-order valence-electron chi connectivity index (χ4n) is 2.41. The molecular weight excluding hydrogens is 319 g/mol. The number of carbonyl (C=O) groups excluding carboxylic acids is 1. The summed E-state index contributed by atoms with van der Waals surface area (Å²) in [4.78, 5) is 15.9. The fourth-order valence-corrected chi connectivity index (χ4v) is 2.41. The minimum Gasteiger partial charge on any atom is -0.298 e. The molecule has 124 valence electrons. The second-order valence-electron chi connectivity index (χ2n) is 5.36. The van der Waals surface area contributed by atoms with E-state index in [4.69, 9.17) is 0 Å². The second-order valence-corrected chi connectivity index (χ2v) is 5.36. The van der Waals surface area contributed by atoms with Crippen LogP contribution in [0.25, 0.3) is 22.2 Å². The molecule has 0 amide bonds. The van der Waals surface area contributed by atoms with Crippen molar-refractivity contribution in [3.8, 4) is 11.1 Å². The molecule has 4 nitrogen and oxygen atoms in total. The van der Waals surface area contributed by atoms with Gasteiger partial charge in [-0.3, -0.25) is 14.5 Å². The molecular formula is C17H14F3N3O. The van der Waals surface area contributed by atoms with Crippen molar-refractivity contribution >= 4 is 16.8 Å². The van der Waals surface area contributed by atoms with Gasteiger partial charge in [0.1, 0.15) is 17.9 Å². The fraction of sp³-hybridized carbons (Fsp3) is 0.235. The van der Waals surface area contributed by atoms with Gasteiger partial charge in [0.2, 0.25) is 0 Å². The summed E-state index contributed by atoms with van der Waals surface area (Å²) in [5.74, 6) is -0.923. The number of pyridine rings is 1. The highest BCUT2D eigenvalue weighted by molar-refractivity contribution is 5.83. The molecule has 0 unspecified atom stereocenters. The molecule has 0 atom stereocenters. The third kappa shape index (κ3) is 3.02. The molecule has 0 aliphatic rings. The molecule has 3 aromatic rings. The molecule has 0 aliphatic heterocycles. The van der Waals surface area contributed by atoms with Crippen molar-refractivity contribution in [2.75, 3.05) is 0 Å². The predicted molar refractivity (Wildman–Crippen MR) is 83.2 cm³/mol. The smallest absolute Gasteiger partial charge is 0.266 e. The van der Waals surface area contributed by atoms with Gasteiger partial charge in [-0.25, -0.2) is 13.2 Å². The van der Waals surface area contributed by atoms with Gasteiger partial charge in [-0.2, -0.15) is 5.10 Å². The standard InChI is InChI=1S/C17H14F3N3O/c1-2-12(24)9-23-16-6-11(7-21-15(16)8-22-23)10-3-4-14(18)13(5-10)17(19)20/h3-8,17H,2,9H2,1H3. The molecule has 0 N–H and O–H groups in total. The molecule has 24 heavy (non-hydrogen) atoms. The molecule has 2 heterocycles. The summed E-state index contributed by atoms with van der Waals surface area (Å²) in [5, 5.41) is 4.13. The van der Waals surface area contributed by atoms with Crippen molar-refractivity contribution in [2.45, 2.75) is 26.3 Å². The predicted octanol–water partition coefficient (Wildman–Crippen LogP) is 4.15. The summed E-state index contributed by atoms with van der Waals surface area (Å²) < 4.78 is 40.7. The highest BCUT2D eigenvalue weighted by Gasteiger charge is 2.15. The average Bonchev–Trinajstić information content (AvgIpc) is 2.97.